The van der Waals surface area contributed by atoms with Gasteiger partial charge < -0.3 is 15.4 Å². The van der Waals surface area contributed by atoms with E-state index in [4.69, 9.17) is 28.6 Å². The number of hydrogen-bond donors (Lipinski definition) is 2. The Morgan fingerprint density at radius 3 is 2.53 bits per heavy atom. The number of methoxy groups -OCH3 is 1. The topological polar surface area (TPSA) is 33.3 Å². The summed E-state index contributed by atoms with van der Waals surface area (Å²) in [6.07, 6.45) is 0. The number of ether oxygens (including phenoxy) is 1. The van der Waals surface area contributed by atoms with Crippen LogP contribution in [0.15, 0.2) is 18.2 Å². The van der Waals surface area contributed by atoms with Crippen molar-refractivity contribution in [3.63, 3.8) is 0 Å². The summed E-state index contributed by atoms with van der Waals surface area (Å²) in [7, 11) is 1.61. The quantitative estimate of drug-likeness (QED) is 0.808. The number of anilines is 1. The monoisotopic (exact) mass is 272 g/mol. The van der Waals surface area contributed by atoms with Gasteiger partial charge in [-0.15, -0.1) is 0 Å². The predicted octanol–water partition coefficient (Wildman–Crippen LogP) is 3.43. The van der Waals surface area contributed by atoms with Gasteiger partial charge in [0.25, 0.3) is 0 Å². The van der Waals surface area contributed by atoms with E-state index in [2.05, 4.69) is 10.6 Å². The Bertz CT molecular complexity index is 415. The molecule has 2 N–H and O–H groups in total. The lowest BCUT2D eigenvalue weighted by Crippen LogP contribution is -2.42. The van der Waals surface area contributed by atoms with E-state index in [1.807, 2.05) is 20.8 Å². The minimum atomic E-state index is -0.0874. The molecule has 17 heavy (non-hydrogen) atoms. The van der Waals surface area contributed by atoms with E-state index in [-0.39, 0.29) is 5.54 Å². The maximum atomic E-state index is 5.93. The summed E-state index contributed by atoms with van der Waals surface area (Å²) in [6, 6.07) is 5.34. The molecular weight excluding hydrogens is 256 g/mol. The molecule has 0 amide bonds. The summed E-state index contributed by atoms with van der Waals surface area (Å²) < 4.78 is 5.22. The molecule has 0 saturated carbocycles. The summed E-state index contributed by atoms with van der Waals surface area (Å²) in [4.78, 5) is 0. The molecule has 0 aromatic heterocycles. The van der Waals surface area contributed by atoms with E-state index in [0.29, 0.717) is 15.9 Å². The van der Waals surface area contributed by atoms with Crippen molar-refractivity contribution in [1.82, 2.24) is 5.32 Å². The van der Waals surface area contributed by atoms with E-state index in [1.54, 1.807) is 25.3 Å². The van der Waals surface area contributed by atoms with Crippen LogP contribution in [-0.4, -0.2) is 17.8 Å². The fraction of sp³-hybridized carbons (Fsp3) is 0.417. The average molecular weight is 273 g/mol. The molecule has 0 atom stereocenters. The van der Waals surface area contributed by atoms with Gasteiger partial charge in [-0.3, -0.25) is 0 Å². The van der Waals surface area contributed by atoms with Gasteiger partial charge in [-0.25, -0.2) is 0 Å². The first-order valence-electron chi connectivity index (χ1n) is 5.24. The Morgan fingerprint density at radius 2 is 2.00 bits per heavy atom. The predicted molar refractivity (Wildman–Crippen MR) is 77.1 cm³/mol. The Hall–Kier alpha value is -1.00. The second-order valence-corrected chi connectivity index (χ2v) is 5.52. The molecule has 0 aliphatic heterocycles. The highest BCUT2D eigenvalue weighted by Gasteiger charge is 2.12. The normalized spacial score (nSPS) is 10.9. The first kappa shape index (κ1) is 14.1. The van der Waals surface area contributed by atoms with E-state index in [0.717, 1.165) is 5.69 Å². The molecule has 0 aliphatic rings. The van der Waals surface area contributed by atoms with Crippen LogP contribution in [0, 0.1) is 0 Å². The Kier molecular flexibility index (Phi) is 4.60. The van der Waals surface area contributed by atoms with E-state index in [1.165, 1.54) is 0 Å². The zero-order valence-electron chi connectivity index (χ0n) is 10.4. The average Bonchev–Trinajstić information content (AvgIpc) is 2.14. The minimum Gasteiger partial charge on any atom is -0.495 e. The second kappa shape index (κ2) is 5.56. The largest absolute Gasteiger partial charge is 0.495 e. The van der Waals surface area contributed by atoms with Crippen LogP contribution in [0.5, 0.6) is 5.75 Å². The van der Waals surface area contributed by atoms with Crippen LogP contribution in [-0.2, 0) is 0 Å². The lowest BCUT2D eigenvalue weighted by molar-refractivity contribution is 0.417. The van der Waals surface area contributed by atoms with Crippen molar-refractivity contribution in [3.05, 3.63) is 23.2 Å². The Balaban J connectivity index is 2.80. The molecule has 0 aliphatic carbocycles. The molecule has 0 radical (unpaired) electrons. The number of hydrogen-bond acceptors (Lipinski definition) is 2. The van der Waals surface area contributed by atoms with Crippen LogP contribution in [0.4, 0.5) is 5.69 Å². The van der Waals surface area contributed by atoms with E-state index in [9.17, 15) is 0 Å². The third kappa shape index (κ3) is 4.79. The summed E-state index contributed by atoms with van der Waals surface area (Å²) in [6.45, 7) is 6.11. The maximum Gasteiger partial charge on any atom is 0.171 e. The summed E-state index contributed by atoms with van der Waals surface area (Å²) in [5, 5.41) is 7.40. The fourth-order valence-electron chi connectivity index (χ4n) is 1.27. The zero-order chi connectivity index (χ0) is 13.1. The summed E-state index contributed by atoms with van der Waals surface area (Å²) in [5.41, 5.74) is 0.664. The number of nitrogens with one attached hydrogen (secondary N) is 2. The van der Waals surface area contributed by atoms with Crippen LogP contribution in [0.1, 0.15) is 20.8 Å². The molecule has 94 valence electrons. The van der Waals surface area contributed by atoms with Crippen molar-refractivity contribution in [2.24, 2.45) is 0 Å². The molecule has 3 nitrogen and oxygen atoms in total. The fourth-order valence-corrected chi connectivity index (χ4v) is 1.86. The molecule has 0 heterocycles. The SMILES string of the molecule is COc1ccc(Cl)cc1NC(=S)NC(C)(C)C. The first-order valence-corrected chi connectivity index (χ1v) is 6.03. The lowest BCUT2D eigenvalue weighted by atomic mass is 10.1. The van der Waals surface area contributed by atoms with Crippen LogP contribution < -0.4 is 15.4 Å². The van der Waals surface area contributed by atoms with Crippen LogP contribution in [0.25, 0.3) is 0 Å². The van der Waals surface area contributed by atoms with Crippen molar-refractivity contribution in [1.29, 1.82) is 0 Å². The van der Waals surface area contributed by atoms with Gasteiger partial charge in [0.1, 0.15) is 5.75 Å². The molecule has 0 bridgehead atoms. The third-order valence-corrected chi connectivity index (χ3v) is 2.34. The van der Waals surface area contributed by atoms with Gasteiger partial charge in [0, 0.05) is 10.6 Å². The molecule has 0 saturated heterocycles. The Morgan fingerprint density at radius 1 is 1.35 bits per heavy atom. The van der Waals surface area contributed by atoms with Gasteiger partial charge in [-0.1, -0.05) is 11.6 Å². The van der Waals surface area contributed by atoms with Crippen LogP contribution >= 0.6 is 23.8 Å². The third-order valence-electron chi connectivity index (χ3n) is 1.90. The minimum absolute atomic E-state index is 0.0874. The summed E-state index contributed by atoms with van der Waals surface area (Å²) >= 11 is 11.1. The van der Waals surface area contributed by atoms with E-state index >= 15 is 0 Å². The highest BCUT2D eigenvalue weighted by atomic mass is 35.5. The van der Waals surface area contributed by atoms with Gasteiger partial charge in [0.15, 0.2) is 5.11 Å². The molecular formula is C12H17ClN2OS. The lowest BCUT2D eigenvalue weighted by Gasteiger charge is -2.23. The number of halogens is 1. The van der Waals surface area contributed by atoms with E-state index < -0.39 is 0 Å². The van der Waals surface area contributed by atoms with Gasteiger partial charge in [-0.05, 0) is 51.2 Å². The van der Waals surface area contributed by atoms with Gasteiger partial charge in [-0.2, -0.15) is 0 Å². The molecule has 1 rings (SSSR count). The van der Waals surface area contributed by atoms with Crippen molar-refractivity contribution < 1.29 is 4.74 Å². The van der Waals surface area contributed by atoms with Crippen molar-refractivity contribution in [2.75, 3.05) is 12.4 Å². The van der Waals surface area contributed by atoms with Crippen molar-refractivity contribution >= 4 is 34.6 Å². The summed E-state index contributed by atoms with van der Waals surface area (Å²) in [5.74, 6) is 0.701. The molecule has 1 aromatic rings. The van der Waals surface area contributed by atoms with Gasteiger partial charge >= 0.3 is 0 Å². The smallest absolute Gasteiger partial charge is 0.171 e. The number of rotatable bonds is 2. The highest BCUT2D eigenvalue weighted by Crippen LogP contribution is 2.27. The molecule has 5 heteroatoms. The molecule has 0 unspecified atom stereocenters. The standard InChI is InChI=1S/C12H17ClN2OS/c1-12(2,3)15-11(17)14-9-7-8(13)5-6-10(9)16-4/h5-7H,1-4H3,(H2,14,15,17). The Labute approximate surface area is 112 Å². The maximum absolute atomic E-state index is 5.93. The van der Waals surface area contributed by atoms with Crippen LogP contribution in [0.3, 0.4) is 0 Å². The van der Waals surface area contributed by atoms with Gasteiger partial charge in [0.2, 0.25) is 0 Å². The van der Waals surface area contributed by atoms with Gasteiger partial charge in [0.05, 0.1) is 12.8 Å². The van der Waals surface area contributed by atoms with Crippen molar-refractivity contribution in [3.8, 4) is 5.75 Å². The molecule has 0 fully saturated rings. The number of benzene rings is 1. The first-order chi connectivity index (χ1) is 7.81. The second-order valence-electron chi connectivity index (χ2n) is 4.67. The zero-order valence-corrected chi connectivity index (χ0v) is 12.0. The molecule has 0 spiro atoms. The van der Waals surface area contributed by atoms with Crippen molar-refractivity contribution in [2.45, 2.75) is 26.3 Å². The van der Waals surface area contributed by atoms with Crippen LogP contribution in [0.2, 0.25) is 5.02 Å². The highest BCUT2D eigenvalue weighted by molar-refractivity contribution is 7.80. The number of thiocarbonyl (C=S) groups is 1. The molecule has 1 aromatic carbocycles.